The Morgan fingerprint density at radius 1 is 0.867 bits per heavy atom. The molecular weight excluding hydrogens is 385 g/mol. The predicted octanol–water partition coefficient (Wildman–Crippen LogP) is 4.53. The highest BCUT2D eigenvalue weighted by Crippen LogP contribution is 2.20. The molecule has 6 nitrogen and oxygen atoms in total. The molecule has 0 unspecified atom stereocenters. The standard InChI is InChI=1S/C23H22FN3O3/c1-2-30-17-13-11-16(12-14-17)26-23(29)18-7-3-5-9-20(18)25-15-22(28)27-21-10-6-4-8-19(21)24/h3-14,25H,2,15H2,1H3,(H,26,29)(H,27,28). The van der Waals surface area contributed by atoms with Gasteiger partial charge in [0.05, 0.1) is 24.4 Å². The minimum Gasteiger partial charge on any atom is -0.494 e. The van der Waals surface area contributed by atoms with Gasteiger partial charge in [0.1, 0.15) is 11.6 Å². The van der Waals surface area contributed by atoms with E-state index in [0.29, 0.717) is 23.5 Å². The van der Waals surface area contributed by atoms with Crippen LogP contribution < -0.4 is 20.7 Å². The zero-order chi connectivity index (χ0) is 21.3. The molecule has 0 atom stereocenters. The van der Waals surface area contributed by atoms with Crippen LogP contribution in [-0.2, 0) is 4.79 Å². The fourth-order valence-electron chi connectivity index (χ4n) is 2.77. The van der Waals surface area contributed by atoms with E-state index in [0.717, 1.165) is 5.75 Å². The first-order valence-electron chi connectivity index (χ1n) is 9.48. The summed E-state index contributed by atoms with van der Waals surface area (Å²) in [5, 5.41) is 8.24. The summed E-state index contributed by atoms with van der Waals surface area (Å²) in [7, 11) is 0. The summed E-state index contributed by atoms with van der Waals surface area (Å²) in [6, 6.07) is 19.8. The SMILES string of the molecule is CCOc1ccc(NC(=O)c2ccccc2NCC(=O)Nc2ccccc2F)cc1. The van der Waals surface area contributed by atoms with Crippen LogP contribution >= 0.6 is 0 Å². The number of nitrogens with one attached hydrogen (secondary N) is 3. The molecule has 3 aromatic rings. The number of ether oxygens (including phenoxy) is 1. The second kappa shape index (κ2) is 10.1. The van der Waals surface area contributed by atoms with Crippen LogP contribution in [0.4, 0.5) is 21.5 Å². The third-order valence-electron chi connectivity index (χ3n) is 4.18. The van der Waals surface area contributed by atoms with Crippen molar-refractivity contribution in [1.82, 2.24) is 0 Å². The van der Waals surface area contributed by atoms with E-state index < -0.39 is 11.7 Å². The molecule has 3 rings (SSSR count). The van der Waals surface area contributed by atoms with Crippen LogP contribution in [0.3, 0.4) is 0 Å². The van der Waals surface area contributed by atoms with Crippen LogP contribution in [0.2, 0.25) is 0 Å². The van der Waals surface area contributed by atoms with Gasteiger partial charge in [0.2, 0.25) is 5.91 Å². The highest BCUT2D eigenvalue weighted by atomic mass is 19.1. The number of carbonyl (C=O) groups excluding carboxylic acids is 2. The molecule has 3 aromatic carbocycles. The Labute approximate surface area is 174 Å². The van der Waals surface area contributed by atoms with Crippen LogP contribution in [0.15, 0.2) is 72.8 Å². The van der Waals surface area contributed by atoms with Crippen LogP contribution in [0.5, 0.6) is 5.75 Å². The van der Waals surface area contributed by atoms with E-state index in [9.17, 15) is 14.0 Å². The molecule has 0 heterocycles. The molecule has 0 bridgehead atoms. The number of amides is 2. The van der Waals surface area contributed by atoms with Crippen molar-refractivity contribution in [3.05, 3.63) is 84.2 Å². The third kappa shape index (κ3) is 5.57. The summed E-state index contributed by atoms with van der Waals surface area (Å²) >= 11 is 0. The zero-order valence-electron chi connectivity index (χ0n) is 16.4. The van der Waals surface area contributed by atoms with E-state index in [-0.39, 0.29) is 18.1 Å². The van der Waals surface area contributed by atoms with E-state index in [1.54, 1.807) is 60.7 Å². The molecule has 3 N–H and O–H groups in total. The molecule has 30 heavy (non-hydrogen) atoms. The average molecular weight is 407 g/mol. The van der Waals surface area contributed by atoms with Crippen LogP contribution in [-0.4, -0.2) is 25.0 Å². The van der Waals surface area contributed by atoms with Gasteiger partial charge in [-0.1, -0.05) is 24.3 Å². The lowest BCUT2D eigenvalue weighted by Crippen LogP contribution is -2.23. The fraction of sp³-hybridized carbons (Fsp3) is 0.130. The first-order valence-corrected chi connectivity index (χ1v) is 9.48. The average Bonchev–Trinajstić information content (AvgIpc) is 2.76. The van der Waals surface area contributed by atoms with Gasteiger partial charge in [-0.3, -0.25) is 9.59 Å². The van der Waals surface area contributed by atoms with E-state index in [1.165, 1.54) is 12.1 Å². The van der Waals surface area contributed by atoms with Gasteiger partial charge in [-0.25, -0.2) is 4.39 Å². The van der Waals surface area contributed by atoms with E-state index >= 15 is 0 Å². The molecule has 0 saturated carbocycles. The molecular formula is C23H22FN3O3. The fourth-order valence-corrected chi connectivity index (χ4v) is 2.77. The first-order chi connectivity index (χ1) is 14.6. The van der Waals surface area contributed by atoms with Gasteiger partial charge < -0.3 is 20.7 Å². The quantitative estimate of drug-likeness (QED) is 0.513. The smallest absolute Gasteiger partial charge is 0.257 e. The zero-order valence-corrected chi connectivity index (χ0v) is 16.4. The molecule has 0 fully saturated rings. The van der Waals surface area contributed by atoms with E-state index in [4.69, 9.17) is 4.74 Å². The van der Waals surface area contributed by atoms with Crippen molar-refractivity contribution in [2.45, 2.75) is 6.92 Å². The van der Waals surface area contributed by atoms with Gasteiger partial charge in [-0.2, -0.15) is 0 Å². The van der Waals surface area contributed by atoms with Gasteiger partial charge in [-0.15, -0.1) is 0 Å². The molecule has 7 heteroatoms. The number of rotatable bonds is 8. The number of hydrogen-bond donors (Lipinski definition) is 3. The largest absolute Gasteiger partial charge is 0.494 e. The van der Waals surface area contributed by atoms with Crippen molar-refractivity contribution < 1.29 is 18.7 Å². The molecule has 154 valence electrons. The Morgan fingerprint density at radius 3 is 2.23 bits per heavy atom. The summed E-state index contributed by atoms with van der Waals surface area (Å²) in [5.41, 5.74) is 1.59. The maximum Gasteiger partial charge on any atom is 0.257 e. The van der Waals surface area contributed by atoms with Gasteiger partial charge >= 0.3 is 0 Å². The maximum absolute atomic E-state index is 13.7. The predicted molar refractivity (Wildman–Crippen MR) is 116 cm³/mol. The molecule has 0 radical (unpaired) electrons. The minimum absolute atomic E-state index is 0.103. The maximum atomic E-state index is 13.7. The summed E-state index contributed by atoms with van der Waals surface area (Å²) in [4.78, 5) is 24.8. The highest BCUT2D eigenvalue weighted by molar-refractivity contribution is 6.08. The topological polar surface area (TPSA) is 79.5 Å². The Morgan fingerprint density at radius 2 is 1.53 bits per heavy atom. The van der Waals surface area contributed by atoms with Gasteiger partial charge in [0.15, 0.2) is 0 Å². The number of para-hydroxylation sites is 2. The lowest BCUT2D eigenvalue weighted by Gasteiger charge is -2.13. The lowest BCUT2D eigenvalue weighted by molar-refractivity contribution is -0.114. The van der Waals surface area contributed by atoms with E-state index in [2.05, 4.69) is 16.0 Å². The number of benzene rings is 3. The number of anilines is 3. The van der Waals surface area contributed by atoms with Gasteiger partial charge in [0.25, 0.3) is 5.91 Å². The molecule has 0 aliphatic rings. The summed E-state index contributed by atoms with van der Waals surface area (Å²) in [6.45, 7) is 2.34. The second-order valence-corrected chi connectivity index (χ2v) is 6.34. The monoisotopic (exact) mass is 407 g/mol. The number of halogens is 1. The minimum atomic E-state index is -0.513. The highest BCUT2D eigenvalue weighted by Gasteiger charge is 2.13. The number of carbonyl (C=O) groups is 2. The first kappa shape index (κ1) is 20.9. The Bertz CT molecular complexity index is 1020. The van der Waals surface area contributed by atoms with Crippen molar-refractivity contribution in [3.63, 3.8) is 0 Å². The molecule has 2 amide bonds. The normalized spacial score (nSPS) is 10.2. The van der Waals surface area contributed by atoms with Crippen molar-refractivity contribution in [3.8, 4) is 5.75 Å². The molecule has 0 spiro atoms. The van der Waals surface area contributed by atoms with Crippen molar-refractivity contribution in [2.24, 2.45) is 0 Å². The molecule has 0 saturated heterocycles. The Hall–Kier alpha value is -3.87. The third-order valence-corrected chi connectivity index (χ3v) is 4.18. The van der Waals surface area contributed by atoms with Crippen molar-refractivity contribution in [1.29, 1.82) is 0 Å². The summed E-state index contributed by atoms with van der Waals surface area (Å²) < 4.78 is 19.1. The van der Waals surface area contributed by atoms with Crippen molar-refractivity contribution >= 4 is 28.9 Å². The van der Waals surface area contributed by atoms with Crippen LogP contribution in [0.25, 0.3) is 0 Å². The van der Waals surface area contributed by atoms with E-state index in [1.807, 2.05) is 6.92 Å². The Balaban J connectivity index is 1.62. The second-order valence-electron chi connectivity index (χ2n) is 6.34. The van der Waals surface area contributed by atoms with Crippen molar-refractivity contribution in [2.75, 3.05) is 29.1 Å². The number of hydrogen-bond acceptors (Lipinski definition) is 4. The van der Waals surface area contributed by atoms with Gasteiger partial charge in [0, 0.05) is 11.4 Å². The van der Waals surface area contributed by atoms with Crippen LogP contribution in [0, 0.1) is 5.82 Å². The summed E-state index contributed by atoms with van der Waals surface area (Å²) in [5.74, 6) is -0.544. The van der Waals surface area contributed by atoms with Crippen LogP contribution in [0.1, 0.15) is 17.3 Å². The molecule has 0 aliphatic heterocycles. The molecule has 0 aliphatic carbocycles. The van der Waals surface area contributed by atoms with Gasteiger partial charge in [-0.05, 0) is 55.5 Å². The lowest BCUT2D eigenvalue weighted by atomic mass is 10.1. The summed E-state index contributed by atoms with van der Waals surface area (Å²) in [6.07, 6.45) is 0. The Kier molecular flexibility index (Phi) is 7.00. The molecule has 0 aromatic heterocycles.